The van der Waals surface area contributed by atoms with E-state index in [1.165, 1.54) is 0 Å². The van der Waals surface area contributed by atoms with Crippen LogP contribution in [0.1, 0.15) is 40.5 Å². The zero-order valence-electron chi connectivity index (χ0n) is 14.4. The normalized spacial score (nSPS) is 20.1. The van der Waals surface area contributed by atoms with Crippen molar-refractivity contribution in [2.24, 2.45) is 4.99 Å². The molecule has 0 N–H and O–H groups in total. The smallest absolute Gasteiger partial charge is 0.410 e. The Hall–Kier alpha value is -1.49. The molecule has 6 heteroatoms. The number of ether oxygens (including phenoxy) is 1. The number of amides is 1. The van der Waals surface area contributed by atoms with Gasteiger partial charge in [0, 0.05) is 32.4 Å². The van der Waals surface area contributed by atoms with Gasteiger partial charge in [-0.3, -0.25) is 0 Å². The highest BCUT2D eigenvalue weighted by atomic mass is 35.5. The predicted octanol–water partition coefficient (Wildman–Crippen LogP) is 3.76. The Morgan fingerprint density at radius 2 is 1.91 bits per heavy atom. The maximum absolute atomic E-state index is 12.1. The molecule has 0 atom stereocenters. The molecule has 0 aromatic heterocycles. The zero-order chi connectivity index (χ0) is 17.0. The number of halogens is 1. The van der Waals surface area contributed by atoms with Crippen molar-refractivity contribution in [1.29, 1.82) is 0 Å². The van der Waals surface area contributed by atoms with Crippen molar-refractivity contribution in [3.05, 3.63) is 22.9 Å². The van der Waals surface area contributed by atoms with Crippen molar-refractivity contribution in [3.63, 3.8) is 0 Å². The summed E-state index contributed by atoms with van der Waals surface area (Å²) in [6.07, 6.45) is 5.54. The predicted molar refractivity (Wildman–Crippen MR) is 93.7 cm³/mol. The van der Waals surface area contributed by atoms with Crippen LogP contribution >= 0.6 is 11.6 Å². The summed E-state index contributed by atoms with van der Waals surface area (Å²) in [5.41, 5.74) is 0.690. The third-order valence-electron chi connectivity index (χ3n) is 3.79. The molecule has 1 fully saturated rings. The third kappa shape index (κ3) is 4.99. The van der Waals surface area contributed by atoms with Gasteiger partial charge in [-0.2, -0.15) is 0 Å². The molecule has 128 valence electrons. The summed E-state index contributed by atoms with van der Waals surface area (Å²) in [6.45, 7) is 10.3. The van der Waals surface area contributed by atoms with Crippen LogP contribution < -0.4 is 0 Å². The highest BCUT2D eigenvalue weighted by molar-refractivity contribution is 6.43. The Bertz CT molecular complexity index is 539. The molecule has 0 radical (unpaired) electrons. The van der Waals surface area contributed by atoms with Gasteiger partial charge in [0.25, 0.3) is 0 Å². The number of carbonyl (C=O) groups is 1. The molecular weight excluding hydrogens is 314 g/mol. The number of aliphatic imine (C=N–C) groups is 1. The lowest BCUT2D eigenvalue weighted by atomic mass is 10.1. The summed E-state index contributed by atoms with van der Waals surface area (Å²) < 4.78 is 5.42. The van der Waals surface area contributed by atoms with Crippen molar-refractivity contribution in [3.8, 4) is 0 Å². The Labute approximate surface area is 143 Å². The van der Waals surface area contributed by atoms with E-state index >= 15 is 0 Å². The van der Waals surface area contributed by atoms with Crippen LogP contribution in [0.15, 0.2) is 27.9 Å². The lowest BCUT2D eigenvalue weighted by molar-refractivity contribution is 0.0187. The minimum atomic E-state index is -0.466. The first-order chi connectivity index (χ1) is 10.8. The molecule has 0 unspecified atom stereocenters. The second kappa shape index (κ2) is 7.39. The van der Waals surface area contributed by atoms with E-state index in [0.717, 1.165) is 29.3 Å². The minimum absolute atomic E-state index is 0.255. The first kappa shape index (κ1) is 17.9. The fraction of sp³-hybridized carbons (Fsp3) is 0.647. The van der Waals surface area contributed by atoms with Gasteiger partial charge < -0.3 is 14.5 Å². The summed E-state index contributed by atoms with van der Waals surface area (Å²) in [7, 11) is 0. The van der Waals surface area contributed by atoms with Gasteiger partial charge in [-0.1, -0.05) is 23.3 Å². The Morgan fingerprint density at radius 3 is 2.52 bits per heavy atom. The van der Waals surface area contributed by atoms with E-state index in [0.29, 0.717) is 26.2 Å². The summed E-state index contributed by atoms with van der Waals surface area (Å²) in [5, 5.41) is 0.736. The molecule has 23 heavy (non-hydrogen) atoms. The Balaban J connectivity index is 2.01. The molecular formula is C17H26ClN3O2. The summed E-state index contributed by atoms with van der Waals surface area (Å²) in [4.78, 5) is 20.5. The van der Waals surface area contributed by atoms with E-state index in [1.807, 2.05) is 33.9 Å². The van der Waals surface area contributed by atoms with Crippen molar-refractivity contribution < 1.29 is 9.53 Å². The van der Waals surface area contributed by atoms with Crippen molar-refractivity contribution in [2.45, 2.75) is 46.1 Å². The second-order valence-corrected chi connectivity index (χ2v) is 7.30. The molecule has 1 saturated heterocycles. The van der Waals surface area contributed by atoms with E-state index in [4.69, 9.17) is 16.3 Å². The Kier molecular flexibility index (Phi) is 5.74. The fourth-order valence-corrected chi connectivity index (χ4v) is 2.77. The average Bonchev–Trinajstić information content (AvgIpc) is 2.47. The van der Waals surface area contributed by atoms with E-state index in [2.05, 4.69) is 16.0 Å². The maximum Gasteiger partial charge on any atom is 0.410 e. The largest absolute Gasteiger partial charge is 0.444 e. The fourth-order valence-electron chi connectivity index (χ4n) is 2.50. The molecule has 0 saturated carbocycles. The summed E-state index contributed by atoms with van der Waals surface area (Å²) >= 11 is 6.50. The number of nitrogens with zero attached hydrogens (tertiary/aromatic N) is 3. The van der Waals surface area contributed by atoms with Crippen LogP contribution in [0, 0.1) is 0 Å². The van der Waals surface area contributed by atoms with Crippen LogP contribution in [0.3, 0.4) is 0 Å². The molecule has 0 bridgehead atoms. The molecule has 1 amide bonds. The van der Waals surface area contributed by atoms with Crippen molar-refractivity contribution in [1.82, 2.24) is 9.80 Å². The molecule has 0 aromatic rings. The lowest BCUT2D eigenvalue weighted by Gasteiger charge is -2.37. The highest BCUT2D eigenvalue weighted by Crippen LogP contribution is 2.22. The third-order valence-corrected chi connectivity index (χ3v) is 4.28. The second-order valence-electron chi connectivity index (χ2n) is 6.92. The maximum atomic E-state index is 12.1. The minimum Gasteiger partial charge on any atom is -0.444 e. The van der Waals surface area contributed by atoms with Gasteiger partial charge in [0.15, 0.2) is 0 Å². The monoisotopic (exact) mass is 339 g/mol. The number of carbonyl (C=O) groups excluding carboxylic acids is 1. The van der Waals surface area contributed by atoms with Crippen LogP contribution in [0.5, 0.6) is 0 Å². The van der Waals surface area contributed by atoms with Gasteiger partial charge >= 0.3 is 6.09 Å². The van der Waals surface area contributed by atoms with Crippen LogP contribution in [0.2, 0.25) is 0 Å². The van der Waals surface area contributed by atoms with Crippen molar-refractivity contribution >= 4 is 23.5 Å². The quantitative estimate of drug-likeness (QED) is 0.675. The SMILES string of the molecule is CC1=C(Cl)C(N2CCN(C(=O)OC(C)(C)C)CC2)=NC=CCC1. The van der Waals surface area contributed by atoms with Gasteiger partial charge in [0.1, 0.15) is 11.4 Å². The van der Waals surface area contributed by atoms with Gasteiger partial charge in [-0.15, -0.1) is 0 Å². The standard InChI is InChI=1S/C17H26ClN3O2/c1-13-7-5-6-8-19-15(14(13)18)20-9-11-21(12-10-20)16(22)23-17(2,3)4/h6,8H,5,7,9-12H2,1-4H3. The molecule has 2 heterocycles. The first-order valence-electron chi connectivity index (χ1n) is 8.09. The van der Waals surface area contributed by atoms with Gasteiger partial charge in [-0.25, -0.2) is 9.79 Å². The van der Waals surface area contributed by atoms with Crippen LogP contribution in [0.4, 0.5) is 4.79 Å². The number of piperazine rings is 1. The van der Waals surface area contributed by atoms with Crippen LogP contribution in [0.25, 0.3) is 0 Å². The van der Waals surface area contributed by atoms with Crippen LogP contribution in [-0.2, 0) is 4.74 Å². The van der Waals surface area contributed by atoms with E-state index in [1.54, 1.807) is 4.90 Å². The summed E-state index contributed by atoms with van der Waals surface area (Å²) in [5.74, 6) is 0.809. The highest BCUT2D eigenvalue weighted by Gasteiger charge is 2.28. The number of amidine groups is 1. The van der Waals surface area contributed by atoms with E-state index < -0.39 is 5.60 Å². The molecule has 2 aliphatic heterocycles. The molecule has 5 nitrogen and oxygen atoms in total. The Morgan fingerprint density at radius 1 is 1.26 bits per heavy atom. The number of allylic oxidation sites excluding steroid dienone is 2. The average molecular weight is 340 g/mol. The van der Waals surface area contributed by atoms with Gasteiger partial charge in [-0.05, 0) is 40.5 Å². The zero-order valence-corrected chi connectivity index (χ0v) is 15.2. The van der Waals surface area contributed by atoms with Crippen molar-refractivity contribution in [2.75, 3.05) is 26.2 Å². The summed E-state index contributed by atoms with van der Waals surface area (Å²) in [6, 6.07) is 0. The lowest BCUT2D eigenvalue weighted by Crippen LogP contribution is -2.51. The molecule has 2 aliphatic rings. The molecule has 0 aromatic carbocycles. The number of hydrogen-bond donors (Lipinski definition) is 0. The van der Waals surface area contributed by atoms with Gasteiger partial charge in [0.05, 0.1) is 5.03 Å². The molecule has 0 spiro atoms. The number of rotatable bonds is 0. The molecule has 2 rings (SSSR count). The van der Waals surface area contributed by atoms with E-state index in [9.17, 15) is 4.79 Å². The van der Waals surface area contributed by atoms with Crippen LogP contribution in [-0.4, -0.2) is 53.5 Å². The molecule has 0 aliphatic carbocycles. The number of hydrogen-bond acceptors (Lipinski definition) is 4. The topological polar surface area (TPSA) is 45.1 Å². The first-order valence-corrected chi connectivity index (χ1v) is 8.47. The van der Waals surface area contributed by atoms with Gasteiger partial charge in [0.2, 0.25) is 0 Å². The van der Waals surface area contributed by atoms with E-state index in [-0.39, 0.29) is 6.09 Å².